The first kappa shape index (κ1) is 13.0. The van der Waals surface area contributed by atoms with E-state index < -0.39 is 6.17 Å². The lowest BCUT2D eigenvalue weighted by Crippen LogP contribution is -2.37. The van der Waals surface area contributed by atoms with Crippen molar-refractivity contribution in [2.24, 2.45) is 0 Å². The van der Waals surface area contributed by atoms with Gasteiger partial charge in [0.25, 0.3) is 0 Å². The molecule has 1 heterocycles. The van der Waals surface area contributed by atoms with Crippen LogP contribution in [0.5, 0.6) is 0 Å². The van der Waals surface area contributed by atoms with E-state index in [1.165, 1.54) is 0 Å². The van der Waals surface area contributed by atoms with Crippen LogP contribution < -0.4 is 5.32 Å². The maximum atomic E-state index is 14.1. The Morgan fingerprint density at radius 2 is 2.06 bits per heavy atom. The van der Waals surface area contributed by atoms with E-state index in [9.17, 15) is 4.39 Å². The van der Waals surface area contributed by atoms with Crippen molar-refractivity contribution in [1.29, 1.82) is 0 Å². The molecular weight excluding hydrogens is 227 g/mol. The third kappa shape index (κ3) is 3.26. The second-order valence-electron chi connectivity index (χ2n) is 5.55. The second-order valence-corrected chi connectivity index (χ2v) is 5.55. The van der Waals surface area contributed by atoms with E-state index in [2.05, 4.69) is 10.3 Å². The van der Waals surface area contributed by atoms with Gasteiger partial charge in [0.2, 0.25) is 0 Å². The van der Waals surface area contributed by atoms with Crippen molar-refractivity contribution in [3.05, 3.63) is 42.1 Å². The Morgan fingerprint density at radius 3 is 2.78 bits per heavy atom. The van der Waals surface area contributed by atoms with Crippen molar-refractivity contribution >= 4 is 10.9 Å². The number of alkyl halides is 1. The topological polar surface area (TPSA) is 24.9 Å². The van der Waals surface area contributed by atoms with Crippen molar-refractivity contribution in [3.8, 4) is 0 Å². The highest BCUT2D eigenvalue weighted by molar-refractivity contribution is 5.78. The summed E-state index contributed by atoms with van der Waals surface area (Å²) in [5.74, 6) is 0. The predicted octanol–water partition coefficient (Wildman–Crippen LogP) is 3.63. The molecule has 2 aromatic rings. The standard InChI is InChI=1S/C15H19FN2/c1-15(2,3)18-10-13(16)12-7-6-11-5-4-8-17-14(11)9-12/h4-9,13,18H,10H2,1-3H3. The van der Waals surface area contributed by atoms with Crippen LogP contribution in [0.25, 0.3) is 10.9 Å². The second kappa shape index (κ2) is 5.02. The zero-order valence-electron chi connectivity index (χ0n) is 11.1. The van der Waals surface area contributed by atoms with Crippen molar-refractivity contribution in [3.63, 3.8) is 0 Å². The highest BCUT2D eigenvalue weighted by atomic mass is 19.1. The zero-order chi connectivity index (χ0) is 13.2. The van der Waals surface area contributed by atoms with Gasteiger partial charge in [-0.1, -0.05) is 18.2 Å². The van der Waals surface area contributed by atoms with Gasteiger partial charge in [0, 0.05) is 23.7 Å². The normalized spacial score (nSPS) is 13.8. The number of nitrogens with zero attached hydrogens (tertiary/aromatic N) is 1. The molecular formula is C15H19FN2. The van der Waals surface area contributed by atoms with Gasteiger partial charge in [-0.15, -0.1) is 0 Å². The molecule has 0 radical (unpaired) electrons. The van der Waals surface area contributed by atoms with Crippen LogP contribution in [0, 0.1) is 0 Å². The molecule has 1 aromatic heterocycles. The third-order valence-corrected chi connectivity index (χ3v) is 2.80. The Hall–Kier alpha value is -1.48. The van der Waals surface area contributed by atoms with E-state index in [1.54, 1.807) is 6.20 Å². The summed E-state index contributed by atoms with van der Waals surface area (Å²) in [5.41, 5.74) is 1.45. The molecule has 0 aliphatic heterocycles. The molecule has 0 bridgehead atoms. The first-order valence-corrected chi connectivity index (χ1v) is 6.19. The fraction of sp³-hybridized carbons (Fsp3) is 0.400. The highest BCUT2D eigenvalue weighted by Crippen LogP contribution is 2.21. The SMILES string of the molecule is CC(C)(C)NCC(F)c1ccc2cccnc2c1. The summed E-state index contributed by atoms with van der Waals surface area (Å²) in [6, 6.07) is 9.44. The first-order chi connectivity index (χ1) is 8.46. The molecule has 0 saturated heterocycles. The largest absolute Gasteiger partial charge is 0.309 e. The Kier molecular flexibility index (Phi) is 3.62. The third-order valence-electron chi connectivity index (χ3n) is 2.80. The minimum absolute atomic E-state index is 0.0700. The van der Waals surface area contributed by atoms with Gasteiger partial charge in [-0.05, 0) is 38.5 Å². The predicted molar refractivity (Wildman–Crippen MR) is 73.3 cm³/mol. The van der Waals surface area contributed by atoms with Crippen LogP contribution in [-0.2, 0) is 0 Å². The van der Waals surface area contributed by atoms with Crippen LogP contribution >= 0.6 is 0 Å². The molecule has 0 fully saturated rings. The van der Waals surface area contributed by atoms with Crippen molar-refractivity contribution in [1.82, 2.24) is 10.3 Å². The number of rotatable bonds is 3. The van der Waals surface area contributed by atoms with Gasteiger partial charge in [0.05, 0.1) is 5.52 Å². The summed E-state index contributed by atoms with van der Waals surface area (Å²) in [4.78, 5) is 4.25. The number of benzene rings is 1. The number of halogens is 1. The van der Waals surface area contributed by atoms with Crippen LogP contribution in [0.2, 0.25) is 0 Å². The number of pyridine rings is 1. The van der Waals surface area contributed by atoms with Gasteiger partial charge in [-0.3, -0.25) is 4.98 Å². The van der Waals surface area contributed by atoms with E-state index in [0.29, 0.717) is 12.1 Å². The number of fused-ring (bicyclic) bond motifs is 1. The van der Waals surface area contributed by atoms with Crippen molar-refractivity contribution in [2.75, 3.05) is 6.54 Å². The van der Waals surface area contributed by atoms with Crippen molar-refractivity contribution < 1.29 is 4.39 Å². The molecule has 0 aliphatic rings. The molecule has 1 aromatic carbocycles. The molecule has 3 heteroatoms. The lowest BCUT2D eigenvalue weighted by Gasteiger charge is -2.22. The number of hydrogen-bond donors (Lipinski definition) is 1. The van der Waals surface area contributed by atoms with Gasteiger partial charge >= 0.3 is 0 Å². The summed E-state index contributed by atoms with van der Waals surface area (Å²) in [6.07, 6.45) is 0.725. The van der Waals surface area contributed by atoms with Crippen LogP contribution in [0.1, 0.15) is 32.5 Å². The molecule has 1 N–H and O–H groups in total. The van der Waals surface area contributed by atoms with Crippen LogP contribution in [0.3, 0.4) is 0 Å². The molecule has 0 spiro atoms. The number of hydrogen-bond acceptors (Lipinski definition) is 2. The minimum Gasteiger partial charge on any atom is -0.309 e. The highest BCUT2D eigenvalue weighted by Gasteiger charge is 2.15. The number of aromatic nitrogens is 1. The molecule has 2 nitrogen and oxygen atoms in total. The van der Waals surface area contributed by atoms with Gasteiger partial charge in [0.1, 0.15) is 6.17 Å². The molecule has 18 heavy (non-hydrogen) atoms. The molecule has 0 amide bonds. The summed E-state index contributed by atoms with van der Waals surface area (Å²) in [6.45, 7) is 6.41. The fourth-order valence-corrected chi connectivity index (χ4v) is 1.79. The molecule has 0 saturated carbocycles. The summed E-state index contributed by atoms with van der Waals surface area (Å²) < 4.78 is 14.1. The van der Waals surface area contributed by atoms with Gasteiger partial charge in [-0.2, -0.15) is 0 Å². The van der Waals surface area contributed by atoms with Gasteiger partial charge < -0.3 is 5.32 Å². The van der Waals surface area contributed by atoms with Crippen LogP contribution in [0.4, 0.5) is 4.39 Å². The Morgan fingerprint density at radius 1 is 1.28 bits per heavy atom. The van der Waals surface area contributed by atoms with Gasteiger partial charge in [-0.25, -0.2) is 4.39 Å². The van der Waals surface area contributed by atoms with E-state index in [-0.39, 0.29) is 5.54 Å². The molecule has 2 rings (SSSR count). The quantitative estimate of drug-likeness (QED) is 0.894. The molecule has 0 aliphatic carbocycles. The zero-order valence-corrected chi connectivity index (χ0v) is 11.1. The van der Waals surface area contributed by atoms with Crippen LogP contribution in [0.15, 0.2) is 36.5 Å². The number of nitrogens with one attached hydrogen (secondary N) is 1. The minimum atomic E-state index is -1.00. The fourth-order valence-electron chi connectivity index (χ4n) is 1.79. The van der Waals surface area contributed by atoms with Crippen LogP contribution in [-0.4, -0.2) is 17.1 Å². The maximum absolute atomic E-state index is 14.1. The lowest BCUT2D eigenvalue weighted by atomic mass is 10.1. The van der Waals surface area contributed by atoms with Crippen molar-refractivity contribution in [2.45, 2.75) is 32.5 Å². The molecule has 1 atom stereocenters. The summed E-state index contributed by atoms with van der Waals surface area (Å²) in [5, 5.41) is 4.21. The Labute approximate surface area is 107 Å². The van der Waals surface area contributed by atoms with E-state index in [1.807, 2.05) is 51.1 Å². The summed E-state index contributed by atoms with van der Waals surface area (Å²) in [7, 11) is 0. The monoisotopic (exact) mass is 246 g/mol. The first-order valence-electron chi connectivity index (χ1n) is 6.19. The Bertz CT molecular complexity index is 531. The smallest absolute Gasteiger partial charge is 0.138 e. The van der Waals surface area contributed by atoms with E-state index in [4.69, 9.17) is 0 Å². The van der Waals surface area contributed by atoms with E-state index in [0.717, 1.165) is 10.9 Å². The average Bonchev–Trinajstić information content (AvgIpc) is 2.34. The van der Waals surface area contributed by atoms with Gasteiger partial charge in [0.15, 0.2) is 0 Å². The molecule has 96 valence electrons. The lowest BCUT2D eigenvalue weighted by molar-refractivity contribution is 0.292. The Balaban J connectivity index is 2.15. The van der Waals surface area contributed by atoms with E-state index >= 15 is 0 Å². The average molecular weight is 246 g/mol. The summed E-state index contributed by atoms with van der Waals surface area (Å²) >= 11 is 0. The molecule has 1 unspecified atom stereocenters. The maximum Gasteiger partial charge on any atom is 0.138 e.